The summed E-state index contributed by atoms with van der Waals surface area (Å²) in [5.41, 5.74) is 2.53. The minimum Gasteiger partial charge on any atom is -0.376 e. The van der Waals surface area contributed by atoms with E-state index in [4.69, 9.17) is 0 Å². The molecule has 1 saturated carbocycles. The molecular formula is C16H21N3O. The standard InChI is InChI=1S/C16H21N3O/c1-11-6-12(2)8-14(7-11)18-9-15(20)19-16(3,10-17)13-4-5-13/h6-8,13,18H,4-5,9H2,1-3H3,(H,19,20)/t16-/m1/s1. The van der Waals surface area contributed by atoms with Crippen LogP contribution in [0.2, 0.25) is 0 Å². The van der Waals surface area contributed by atoms with Crippen molar-refractivity contribution in [2.45, 2.75) is 39.2 Å². The van der Waals surface area contributed by atoms with Crippen molar-refractivity contribution >= 4 is 11.6 Å². The maximum atomic E-state index is 12.0. The van der Waals surface area contributed by atoms with Gasteiger partial charge in [0.25, 0.3) is 0 Å². The largest absolute Gasteiger partial charge is 0.376 e. The molecule has 0 heterocycles. The van der Waals surface area contributed by atoms with Gasteiger partial charge in [0, 0.05) is 5.69 Å². The van der Waals surface area contributed by atoms with Gasteiger partial charge in [-0.1, -0.05) is 6.07 Å². The Balaban J connectivity index is 1.90. The Kier molecular flexibility index (Phi) is 3.99. The number of carbonyl (C=O) groups is 1. The summed E-state index contributed by atoms with van der Waals surface area (Å²) in [6.07, 6.45) is 2.05. The highest BCUT2D eigenvalue weighted by molar-refractivity contribution is 5.82. The third-order valence-corrected chi connectivity index (χ3v) is 3.70. The van der Waals surface area contributed by atoms with Gasteiger partial charge >= 0.3 is 0 Å². The van der Waals surface area contributed by atoms with Gasteiger partial charge in [0.15, 0.2) is 0 Å². The van der Waals surface area contributed by atoms with Crippen molar-refractivity contribution in [3.8, 4) is 6.07 Å². The molecule has 1 aliphatic rings. The molecule has 4 heteroatoms. The molecule has 1 atom stereocenters. The van der Waals surface area contributed by atoms with Crippen molar-refractivity contribution in [3.05, 3.63) is 29.3 Å². The number of nitrogens with zero attached hydrogens (tertiary/aromatic N) is 1. The number of hydrogen-bond acceptors (Lipinski definition) is 3. The first-order valence-electron chi connectivity index (χ1n) is 6.97. The van der Waals surface area contributed by atoms with Gasteiger partial charge in [-0.2, -0.15) is 5.26 Å². The number of anilines is 1. The molecule has 0 radical (unpaired) electrons. The third-order valence-electron chi connectivity index (χ3n) is 3.70. The van der Waals surface area contributed by atoms with E-state index in [2.05, 4.69) is 22.8 Å². The lowest BCUT2D eigenvalue weighted by molar-refractivity contribution is -0.120. The first kappa shape index (κ1) is 14.4. The van der Waals surface area contributed by atoms with Crippen LogP contribution in [0.3, 0.4) is 0 Å². The fourth-order valence-corrected chi connectivity index (χ4v) is 2.47. The van der Waals surface area contributed by atoms with Crippen LogP contribution in [-0.4, -0.2) is 18.0 Å². The van der Waals surface area contributed by atoms with Gasteiger partial charge in [-0.25, -0.2) is 0 Å². The van der Waals surface area contributed by atoms with Gasteiger partial charge in [-0.3, -0.25) is 4.79 Å². The van der Waals surface area contributed by atoms with Gasteiger partial charge in [0.1, 0.15) is 5.54 Å². The van der Waals surface area contributed by atoms with E-state index in [9.17, 15) is 10.1 Å². The Bertz CT molecular complexity index is 537. The van der Waals surface area contributed by atoms with Crippen LogP contribution in [0.1, 0.15) is 30.9 Å². The Morgan fingerprint density at radius 1 is 1.35 bits per heavy atom. The summed E-state index contributed by atoms with van der Waals surface area (Å²) >= 11 is 0. The maximum absolute atomic E-state index is 12.0. The number of nitriles is 1. The average Bonchev–Trinajstić information content (AvgIpc) is 3.19. The molecule has 4 nitrogen and oxygen atoms in total. The lowest BCUT2D eigenvalue weighted by Crippen LogP contribution is -2.48. The molecule has 0 aromatic heterocycles. The zero-order valence-electron chi connectivity index (χ0n) is 12.3. The van der Waals surface area contributed by atoms with Crippen molar-refractivity contribution in [1.82, 2.24) is 5.32 Å². The summed E-state index contributed by atoms with van der Waals surface area (Å²) in [6.45, 7) is 6.04. The second-order valence-corrected chi connectivity index (χ2v) is 5.87. The Morgan fingerprint density at radius 2 is 1.95 bits per heavy atom. The normalized spacial score (nSPS) is 16.9. The topological polar surface area (TPSA) is 64.9 Å². The van der Waals surface area contributed by atoms with Crippen molar-refractivity contribution in [1.29, 1.82) is 5.26 Å². The van der Waals surface area contributed by atoms with Crippen molar-refractivity contribution < 1.29 is 4.79 Å². The first-order valence-corrected chi connectivity index (χ1v) is 6.97. The molecule has 0 aliphatic heterocycles. The van der Waals surface area contributed by atoms with Gasteiger partial charge in [0.2, 0.25) is 5.91 Å². The number of amides is 1. The van der Waals surface area contributed by atoms with Crippen LogP contribution in [0.25, 0.3) is 0 Å². The molecule has 1 aromatic carbocycles. The molecule has 2 N–H and O–H groups in total. The molecule has 0 unspecified atom stereocenters. The molecular weight excluding hydrogens is 250 g/mol. The molecule has 0 bridgehead atoms. The molecule has 1 amide bonds. The van der Waals surface area contributed by atoms with E-state index >= 15 is 0 Å². The Labute approximate surface area is 120 Å². The molecule has 2 rings (SSSR count). The van der Waals surface area contributed by atoms with Crippen LogP contribution in [0, 0.1) is 31.1 Å². The summed E-state index contributed by atoms with van der Waals surface area (Å²) in [5, 5.41) is 15.2. The van der Waals surface area contributed by atoms with Crippen LogP contribution in [0.15, 0.2) is 18.2 Å². The molecule has 0 saturated heterocycles. The summed E-state index contributed by atoms with van der Waals surface area (Å²) < 4.78 is 0. The van der Waals surface area contributed by atoms with Gasteiger partial charge in [0.05, 0.1) is 12.6 Å². The second kappa shape index (κ2) is 5.54. The van der Waals surface area contributed by atoms with Crippen LogP contribution in [0.4, 0.5) is 5.69 Å². The molecule has 20 heavy (non-hydrogen) atoms. The van der Waals surface area contributed by atoms with E-state index in [0.29, 0.717) is 5.92 Å². The van der Waals surface area contributed by atoms with Gasteiger partial charge in [-0.05, 0) is 62.8 Å². The maximum Gasteiger partial charge on any atom is 0.240 e. The van der Waals surface area contributed by atoms with E-state index in [1.807, 2.05) is 26.0 Å². The van der Waals surface area contributed by atoms with Crippen LogP contribution >= 0.6 is 0 Å². The zero-order chi connectivity index (χ0) is 14.8. The summed E-state index contributed by atoms with van der Waals surface area (Å²) in [5.74, 6) is 0.165. The molecule has 106 valence electrons. The van der Waals surface area contributed by atoms with E-state index in [1.165, 1.54) is 0 Å². The quantitative estimate of drug-likeness (QED) is 0.865. The number of rotatable bonds is 5. The number of hydrogen-bond donors (Lipinski definition) is 2. The van der Waals surface area contributed by atoms with Gasteiger partial charge < -0.3 is 10.6 Å². The molecule has 0 spiro atoms. The van der Waals surface area contributed by atoms with Crippen molar-refractivity contribution in [2.75, 3.05) is 11.9 Å². The van der Waals surface area contributed by atoms with Crippen LogP contribution in [0.5, 0.6) is 0 Å². The minimum atomic E-state index is -0.721. The van der Waals surface area contributed by atoms with E-state index in [1.54, 1.807) is 6.92 Å². The second-order valence-electron chi connectivity index (χ2n) is 5.87. The SMILES string of the molecule is Cc1cc(C)cc(NCC(=O)N[C@](C)(C#N)C2CC2)c1. The zero-order valence-corrected chi connectivity index (χ0v) is 12.3. The average molecular weight is 271 g/mol. The highest BCUT2D eigenvalue weighted by Crippen LogP contribution is 2.39. The van der Waals surface area contributed by atoms with Crippen molar-refractivity contribution in [3.63, 3.8) is 0 Å². The highest BCUT2D eigenvalue weighted by atomic mass is 16.2. The van der Waals surface area contributed by atoms with Crippen molar-refractivity contribution in [2.24, 2.45) is 5.92 Å². The van der Waals surface area contributed by atoms with E-state index in [-0.39, 0.29) is 12.5 Å². The predicted molar refractivity (Wildman–Crippen MR) is 79.3 cm³/mol. The van der Waals surface area contributed by atoms with E-state index in [0.717, 1.165) is 29.7 Å². The Morgan fingerprint density at radius 3 is 2.45 bits per heavy atom. The predicted octanol–water partition coefficient (Wildman–Crippen LogP) is 2.52. The first-order chi connectivity index (χ1) is 9.43. The third kappa shape index (κ3) is 3.51. The number of carbonyl (C=O) groups excluding carboxylic acids is 1. The highest BCUT2D eigenvalue weighted by Gasteiger charge is 2.42. The van der Waals surface area contributed by atoms with Crippen LogP contribution in [-0.2, 0) is 4.79 Å². The van der Waals surface area contributed by atoms with Gasteiger partial charge in [-0.15, -0.1) is 0 Å². The lowest BCUT2D eigenvalue weighted by Gasteiger charge is -2.23. The summed E-state index contributed by atoms with van der Waals surface area (Å²) in [4.78, 5) is 12.0. The Hall–Kier alpha value is -2.02. The number of aryl methyl sites for hydroxylation is 2. The smallest absolute Gasteiger partial charge is 0.240 e. The minimum absolute atomic E-state index is 0.139. The number of nitrogens with one attached hydrogen (secondary N) is 2. The summed E-state index contributed by atoms with van der Waals surface area (Å²) in [7, 11) is 0. The van der Waals surface area contributed by atoms with Crippen LogP contribution < -0.4 is 10.6 Å². The lowest BCUT2D eigenvalue weighted by atomic mass is 9.98. The number of benzene rings is 1. The van der Waals surface area contributed by atoms with E-state index < -0.39 is 5.54 Å². The monoisotopic (exact) mass is 271 g/mol. The molecule has 1 aromatic rings. The fourth-order valence-electron chi connectivity index (χ4n) is 2.47. The molecule has 1 aliphatic carbocycles. The molecule has 1 fully saturated rings. The fraction of sp³-hybridized carbons (Fsp3) is 0.500. The summed E-state index contributed by atoms with van der Waals surface area (Å²) in [6, 6.07) is 8.33.